The first-order chi connectivity index (χ1) is 11.1. The second kappa shape index (κ2) is 7.65. The van der Waals surface area contributed by atoms with Crippen molar-refractivity contribution in [3.8, 4) is 12.3 Å². The van der Waals surface area contributed by atoms with Crippen molar-refractivity contribution in [1.82, 2.24) is 4.90 Å². The largest absolute Gasteiger partial charge is 0.465 e. The van der Waals surface area contributed by atoms with Crippen LogP contribution in [0.2, 0.25) is 0 Å². The second-order valence-corrected chi connectivity index (χ2v) is 5.45. The minimum atomic E-state index is -0.947. The number of amides is 1. The quantitative estimate of drug-likeness (QED) is 0.525. The molecule has 1 aliphatic heterocycles. The number of carbonyl (C=O) groups excluding carboxylic acids is 1. The van der Waals surface area contributed by atoms with Gasteiger partial charge in [-0.3, -0.25) is 4.89 Å². The Labute approximate surface area is 134 Å². The van der Waals surface area contributed by atoms with E-state index in [9.17, 15) is 14.7 Å². The van der Waals surface area contributed by atoms with Gasteiger partial charge in [-0.1, -0.05) is 12.1 Å². The Morgan fingerprint density at radius 1 is 1.39 bits per heavy atom. The summed E-state index contributed by atoms with van der Waals surface area (Å²) in [7, 11) is 1.25. The van der Waals surface area contributed by atoms with Crippen molar-refractivity contribution in [2.45, 2.75) is 25.3 Å². The van der Waals surface area contributed by atoms with Crippen LogP contribution in [0.3, 0.4) is 0 Å². The molecule has 1 N–H and O–H groups in total. The van der Waals surface area contributed by atoms with E-state index in [1.807, 2.05) is 0 Å². The SMILES string of the molecule is C#CCC1CCN(C(=O)O)C(c2ccc(C(=O)OOC)cc2)C1. The number of rotatable bonds is 4. The maximum absolute atomic E-state index is 11.6. The molecule has 0 spiro atoms. The van der Waals surface area contributed by atoms with Crippen LogP contribution in [0.5, 0.6) is 0 Å². The highest BCUT2D eigenvalue weighted by Crippen LogP contribution is 2.35. The molecule has 1 heterocycles. The molecule has 122 valence electrons. The van der Waals surface area contributed by atoms with Crippen LogP contribution in [-0.4, -0.2) is 35.7 Å². The fourth-order valence-electron chi connectivity index (χ4n) is 2.90. The maximum Gasteiger partial charge on any atom is 0.407 e. The lowest BCUT2D eigenvalue weighted by Crippen LogP contribution is -2.40. The summed E-state index contributed by atoms with van der Waals surface area (Å²) < 4.78 is 0. The number of terminal acetylenes is 1. The third-order valence-electron chi connectivity index (χ3n) is 4.05. The van der Waals surface area contributed by atoms with Gasteiger partial charge < -0.3 is 10.0 Å². The lowest BCUT2D eigenvalue weighted by atomic mass is 9.85. The molecule has 1 aliphatic rings. The number of carboxylic acid groups (broad SMARTS) is 1. The standard InChI is InChI=1S/C17H19NO5/c1-3-4-12-9-10-18(17(20)21)15(11-12)13-5-7-14(8-6-13)16(19)23-22-2/h1,5-8,12,15H,4,9-11H2,2H3,(H,20,21). The van der Waals surface area contributed by atoms with Crippen molar-refractivity contribution in [3.63, 3.8) is 0 Å². The van der Waals surface area contributed by atoms with Crippen molar-refractivity contribution < 1.29 is 24.5 Å². The van der Waals surface area contributed by atoms with Crippen molar-refractivity contribution in [2.75, 3.05) is 13.7 Å². The van der Waals surface area contributed by atoms with Gasteiger partial charge in [0.2, 0.25) is 0 Å². The van der Waals surface area contributed by atoms with Crippen LogP contribution in [-0.2, 0) is 9.78 Å². The Hall–Kier alpha value is -2.52. The molecule has 1 aromatic rings. The molecule has 1 fully saturated rings. The molecule has 0 aliphatic carbocycles. The molecule has 6 nitrogen and oxygen atoms in total. The van der Waals surface area contributed by atoms with Crippen molar-refractivity contribution in [3.05, 3.63) is 35.4 Å². The van der Waals surface area contributed by atoms with Gasteiger partial charge in [-0.05, 0) is 36.5 Å². The Kier molecular flexibility index (Phi) is 5.61. The van der Waals surface area contributed by atoms with Gasteiger partial charge in [0.05, 0.1) is 18.7 Å². The fourth-order valence-corrected chi connectivity index (χ4v) is 2.90. The third kappa shape index (κ3) is 4.02. The molecule has 1 amide bonds. The summed E-state index contributed by atoms with van der Waals surface area (Å²) in [6.07, 6.45) is 6.52. The fraction of sp³-hybridized carbons (Fsp3) is 0.412. The topological polar surface area (TPSA) is 76.1 Å². The number of carbonyl (C=O) groups is 2. The predicted molar refractivity (Wildman–Crippen MR) is 82.5 cm³/mol. The number of likely N-dealkylation sites (tertiary alicyclic amines) is 1. The Morgan fingerprint density at radius 2 is 2.09 bits per heavy atom. The lowest BCUT2D eigenvalue weighted by Gasteiger charge is -2.37. The van der Waals surface area contributed by atoms with E-state index < -0.39 is 12.1 Å². The molecule has 1 saturated heterocycles. The van der Waals surface area contributed by atoms with E-state index in [0.717, 1.165) is 12.0 Å². The smallest absolute Gasteiger partial charge is 0.407 e. The minimum absolute atomic E-state index is 0.257. The van der Waals surface area contributed by atoms with E-state index >= 15 is 0 Å². The van der Waals surface area contributed by atoms with Crippen LogP contribution in [0.4, 0.5) is 4.79 Å². The highest BCUT2D eigenvalue weighted by Gasteiger charge is 2.32. The molecule has 0 bridgehead atoms. The number of benzene rings is 1. The van der Waals surface area contributed by atoms with Gasteiger partial charge in [-0.2, -0.15) is 4.89 Å². The molecular formula is C17H19NO5. The van der Waals surface area contributed by atoms with E-state index in [1.165, 1.54) is 12.0 Å². The summed E-state index contributed by atoms with van der Waals surface area (Å²) in [5.41, 5.74) is 1.18. The first-order valence-electron chi connectivity index (χ1n) is 7.34. The number of hydrogen-bond donors (Lipinski definition) is 1. The Bertz CT molecular complexity index is 604. The molecule has 2 unspecified atom stereocenters. The maximum atomic E-state index is 11.6. The van der Waals surface area contributed by atoms with Gasteiger partial charge in [-0.15, -0.1) is 12.3 Å². The highest BCUT2D eigenvalue weighted by molar-refractivity contribution is 5.88. The zero-order valence-corrected chi connectivity index (χ0v) is 12.9. The molecule has 2 rings (SSSR count). The van der Waals surface area contributed by atoms with Gasteiger partial charge in [0.15, 0.2) is 0 Å². The van der Waals surface area contributed by atoms with Gasteiger partial charge >= 0.3 is 12.1 Å². The van der Waals surface area contributed by atoms with Crippen LogP contribution in [0.15, 0.2) is 24.3 Å². The van der Waals surface area contributed by atoms with Gasteiger partial charge in [-0.25, -0.2) is 9.59 Å². The summed E-state index contributed by atoms with van der Waals surface area (Å²) in [4.78, 5) is 33.2. The zero-order chi connectivity index (χ0) is 16.8. The molecule has 23 heavy (non-hydrogen) atoms. The summed E-state index contributed by atoms with van der Waals surface area (Å²) in [6.45, 7) is 0.458. The van der Waals surface area contributed by atoms with Gasteiger partial charge in [0.25, 0.3) is 0 Å². The number of piperidine rings is 1. The lowest BCUT2D eigenvalue weighted by molar-refractivity contribution is -0.216. The summed E-state index contributed by atoms with van der Waals surface area (Å²) in [5.74, 6) is 2.36. The first-order valence-corrected chi connectivity index (χ1v) is 7.34. The normalized spacial score (nSPS) is 20.6. The van der Waals surface area contributed by atoms with E-state index in [1.54, 1.807) is 24.3 Å². The monoisotopic (exact) mass is 317 g/mol. The third-order valence-corrected chi connectivity index (χ3v) is 4.05. The first kappa shape index (κ1) is 16.8. The van der Waals surface area contributed by atoms with Crippen molar-refractivity contribution in [2.24, 2.45) is 5.92 Å². The van der Waals surface area contributed by atoms with E-state index in [0.29, 0.717) is 30.9 Å². The predicted octanol–water partition coefficient (Wildman–Crippen LogP) is 2.86. The second-order valence-electron chi connectivity index (χ2n) is 5.45. The van der Waals surface area contributed by atoms with Gasteiger partial charge in [0.1, 0.15) is 0 Å². The van der Waals surface area contributed by atoms with Crippen LogP contribution in [0.1, 0.15) is 41.2 Å². The van der Waals surface area contributed by atoms with Crippen LogP contribution >= 0.6 is 0 Å². The van der Waals surface area contributed by atoms with E-state index in [2.05, 4.69) is 15.7 Å². The number of hydrogen-bond acceptors (Lipinski definition) is 4. The Balaban J connectivity index is 2.19. The molecular weight excluding hydrogens is 298 g/mol. The molecule has 0 aromatic heterocycles. The average Bonchev–Trinajstić information content (AvgIpc) is 2.55. The van der Waals surface area contributed by atoms with E-state index in [-0.39, 0.29) is 6.04 Å². The van der Waals surface area contributed by atoms with Crippen molar-refractivity contribution in [1.29, 1.82) is 0 Å². The number of nitrogens with zero attached hydrogens (tertiary/aromatic N) is 1. The zero-order valence-electron chi connectivity index (χ0n) is 12.9. The molecule has 1 aromatic carbocycles. The minimum Gasteiger partial charge on any atom is -0.465 e. The summed E-state index contributed by atoms with van der Waals surface area (Å²) in [6, 6.07) is 6.42. The van der Waals surface area contributed by atoms with Crippen LogP contribution in [0.25, 0.3) is 0 Å². The van der Waals surface area contributed by atoms with Crippen molar-refractivity contribution >= 4 is 12.1 Å². The average molecular weight is 317 g/mol. The highest BCUT2D eigenvalue weighted by atomic mass is 17.2. The summed E-state index contributed by atoms with van der Waals surface area (Å²) in [5, 5.41) is 9.39. The summed E-state index contributed by atoms with van der Waals surface area (Å²) >= 11 is 0. The molecule has 6 heteroatoms. The molecule has 2 atom stereocenters. The van der Waals surface area contributed by atoms with Gasteiger partial charge in [0, 0.05) is 13.0 Å². The van der Waals surface area contributed by atoms with Crippen LogP contribution < -0.4 is 0 Å². The molecule has 0 radical (unpaired) electrons. The van der Waals surface area contributed by atoms with Crippen LogP contribution in [0, 0.1) is 18.3 Å². The van der Waals surface area contributed by atoms with E-state index in [4.69, 9.17) is 6.42 Å². The Morgan fingerprint density at radius 3 is 2.65 bits per heavy atom. The molecule has 0 saturated carbocycles.